The van der Waals surface area contributed by atoms with Crippen molar-refractivity contribution in [3.63, 3.8) is 0 Å². The van der Waals surface area contributed by atoms with Gasteiger partial charge < -0.3 is 4.90 Å². The highest BCUT2D eigenvalue weighted by molar-refractivity contribution is 5.23. The first-order valence-corrected chi connectivity index (χ1v) is 6.81. The zero-order chi connectivity index (χ0) is 12.1. The van der Waals surface area contributed by atoms with Crippen molar-refractivity contribution in [3.8, 4) is 0 Å². The van der Waals surface area contributed by atoms with Gasteiger partial charge in [0.1, 0.15) is 0 Å². The van der Waals surface area contributed by atoms with Crippen LogP contribution in [0.4, 0.5) is 0 Å². The van der Waals surface area contributed by atoms with E-state index >= 15 is 0 Å². The standard InChI is InChI=1S/C16H23N/c1-3-14-8-10-15(11-9-14)13-17-12-6-5-7-16(17)4-2/h4,8-11H,3,5-7,12-13H2,1-2H3/b16-4+. The Kier molecular flexibility index (Phi) is 4.24. The highest BCUT2D eigenvalue weighted by atomic mass is 15.1. The minimum absolute atomic E-state index is 1.07. The fraction of sp³-hybridized carbons (Fsp3) is 0.500. The molecule has 1 saturated heterocycles. The molecule has 0 amide bonds. The number of hydrogen-bond acceptors (Lipinski definition) is 1. The van der Waals surface area contributed by atoms with Gasteiger partial charge in [0.15, 0.2) is 0 Å². The summed E-state index contributed by atoms with van der Waals surface area (Å²) in [5.41, 5.74) is 4.39. The van der Waals surface area contributed by atoms with Gasteiger partial charge >= 0.3 is 0 Å². The van der Waals surface area contributed by atoms with Gasteiger partial charge in [-0.1, -0.05) is 37.3 Å². The molecule has 0 spiro atoms. The van der Waals surface area contributed by atoms with E-state index in [-0.39, 0.29) is 0 Å². The van der Waals surface area contributed by atoms with Gasteiger partial charge in [-0.05, 0) is 43.7 Å². The second kappa shape index (κ2) is 5.90. The summed E-state index contributed by atoms with van der Waals surface area (Å²) < 4.78 is 0. The molecule has 1 heterocycles. The van der Waals surface area contributed by atoms with Crippen molar-refractivity contribution >= 4 is 0 Å². The smallest absolute Gasteiger partial charge is 0.0426 e. The van der Waals surface area contributed by atoms with Crippen LogP contribution in [-0.4, -0.2) is 11.4 Å². The van der Waals surface area contributed by atoms with Crippen LogP contribution in [0, 0.1) is 0 Å². The zero-order valence-corrected chi connectivity index (χ0v) is 11.1. The van der Waals surface area contributed by atoms with Crippen LogP contribution in [0.1, 0.15) is 44.2 Å². The molecule has 0 bridgehead atoms. The van der Waals surface area contributed by atoms with E-state index in [4.69, 9.17) is 0 Å². The molecular weight excluding hydrogens is 206 g/mol. The predicted octanol–water partition coefficient (Wildman–Crippen LogP) is 4.14. The summed E-state index contributed by atoms with van der Waals surface area (Å²) in [6, 6.07) is 9.07. The van der Waals surface area contributed by atoms with Crippen LogP contribution in [0.15, 0.2) is 36.0 Å². The van der Waals surface area contributed by atoms with Crippen LogP contribution in [-0.2, 0) is 13.0 Å². The van der Waals surface area contributed by atoms with Gasteiger partial charge in [0.25, 0.3) is 0 Å². The normalized spacial score (nSPS) is 18.7. The molecule has 0 aliphatic carbocycles. The summed E-state index contributed by atoms with van der Waals surface area (Å²) in [7, 11) is 0. The fourth-order valence-corrected chi connectivity index (χ4v) is 2.52. The van der Waals surface area contributed by atoms with Crippen molar-refractivity contribution in [2.24, 2.45) is 0 Å². The molecule has 1 heteroatoms. The quantitative estimate of drug-likeness (QED) is 0.753. The minimum atomic E-state index is 1.07. The Balaban J connectivity index is 2.03. The summed E-state index contributed by atoms with van der Waals surface area (Å²) in [6.07, 6.45) is 7.35. The van der Waals surface area contributed by atoms with Gasteiger partial charge in [-0.2, -0.15) is 0 Å². The number of hydrogen-bond donors (Lipinski definition) is 0. The van der Waals surface area contributed by atoms with Gasteiger partial charge in [0.2, 0.25) is 0 Å². The number of benzene rings is 1. The number of rotatable bonds is 3. The van der Waals surface area contributed by atoms with Crippen molar-refractivity contribution < 1.29 is 0 Å². The highest BCUT2D eigenvalue weighted by Crippen LogP contribution is 2.22. The summed E-state index contributed by atoms with van der Waals surface area (Å²) in [6.45, 7) is 6.66. The van der Waals surface area contributed by atoms with E-state index in [1.54, 1.807) is 0 Å². The first kappa shape index (κ1) is 12.2. The summed E-state index contributed by atoms with van der Waals surface area (Å²) in [4.78, 5) is 2.53. The lowest BCUT2D eigenvalue weighted by Crippen LogP contribution is -2.27. The Morgan fingerprint density at radius 1 is 1.12 bits per heavy atom. The first-order valence-electron chi connectivity index (χ1n) is 6.81. The molecule has 0 atom stereocenters. The number of likely N-dealkylation sites (tertiary alicyclic amines) is 1. The highest BCUT2D eigenvalue weighted by Gasteiger charge is 2.13. The monoisotopic (exact) mass is 229 g/mol. The third-order valence-corrected chi connectivity index (χ3v) is 3.66. The molecule has 0 N–H and O–H groups in total. The lowest BCUT2D eigenvalue weighted by atomic mass is 10.0. The number of aryl methyl sites for hydroxylation is 1. The maximum Gasteiger partial charge on any atom is 0.0426 e. The second-order valence-electron chi connectivity index (χ2n) is 4.83. The molecule has 1 aromatic carbocycles. The molecule has 0 unspecified atom stereocenters. The van der Waals surface area contributed by atoms with Crippen LogP contribution in [0.25, 0.3) is 0 Å². The average Bonchev–Trinajstić information content (AvgIpc) is 2.40. The van der Waals surface area contributed by atoms with E-state index in [0.717, 1.165) is 13.0 Å². The predicted molar refractivity (Wildman–Crippen MR) is 73.8 cm³/mol. The van der Waals surface area contributed by atoms with E-state index in [2.05, 4.69) is 49.1 Å². The zero-order valence-electron chi connectivity index (χ0n) is 11.1. The van der Waals surface area contributed by atoms with Crippen molar-refractivity contribution in [1.82, 2.24) is 4.90 Å². The van der Waals surface area contributed by atoms with Crippen molar-refractivity contribution in [1.29, 1.82) is 0 Å². The molecule has 0 radical (unpaired) electrons. The topological polar surface area (TPSA) is 3.24 Å². The van der Waals surface area contributed by atoms with Gasteiger partial charge in [-0.25, -0.2) is 0 Å². The lowest BCUT2D eigenvalue weighted by molar-refractivity contribution is 0.282. The van der Waals surface area contributed by atoms with Gasteiger partial charge in [-0.15, -0.1) is 0 Å². The Labute approximate surface area is 105 Å². The molecule has 1 nitrogen and oxygen atoms in total. The lowest BCUT2D eigenvalue weighted by Gasteiger charge is -2.31. The maximum atomic E-state index is 2.53. The SMILES string of the molecule is C/C=C1\CCCCN1Cc1ccc(CC)cc1. The van der Waals surface area contributed by atoms with Crippen LogP contribution >= 0.6 is 0 Å². The van der Waals surface area contributed by atoms with Crippen LogP contribution in [0.3, 0.4) is 0 Å². The molecule has 92 valence electrons. The maximum absolute atomic E-state index is 2.53. The molecule has 1 fully saturated rings. The summed E-state index contributed by atoms with van der Waals surface area (Å²) >= 11 is 0. The summed E-state index contributed by atoms with van der Waals surface area (Å²) in [5.74, 6) is 0. The molecule has 1 aliphatic heterocycles. The van der Waals surface area contributed by atoms with Gasteiger partial charge in [0, 0.05) is 18.8 Å². The Hall–Kier alpha value is -1.24. The number of piperidine rings is 1. The Morgan fingerprint density at radius 2 is 1.82 bits per heavy atom. The van der Waals surface area contributed by atoms with Crippen LogP contribution < -0.4 is 0 Å². The van der Waals surface area contributed by atoms with Crippen molar-refractivity contribution in [2.45, 2.75) is 46.1 Å². The van der Waals surface area contributed by atoms with Crippen molar-refractivity contribution in [3.05, 3.63) is 47.2 Å². The van der Waals surface area contributed by atoms with Crippen LogP contribution in [0.5, 0.6) is 0 Å². The van der Waals surface area contributed by atoms with E-state index in [1.807, 2.05) is 0 Å². The summed E-state index contributed by atoms with van der Waals surface area (Å²) in [5, 5.41) is 0. The first-order chi connectivity index (χ1) is 8.33. The number of allylic oxidation sites excluding steroid dienone is 2. The molecule has 1 aromatic rings. The van der Waals surface area contributed by atoms with E-state index in [0.29, 0.717) is 0 Å². The van der Waals surface area contributed by atoms with Gasteiger partial charge in [-0.3, -0.25) is 0 Å². The molecule has 0 aromatic heterocycles. The van der Waals surface area contributed by atoms with Crippen molar-refractivity contribution in [2.75, 3.05) is 6.54 Å². The molecular formula is C16H23N. The molecule has 0 saturated carbocycles. The van der Waals surface area contributed by atoms with E-state index in [9.17, 15) is 0 Å². The minimum Gasteiger partial charge on any atom is -0.371 e. The van der Waals surface area contributed by atoms with E-state index in [1.165, 1.54) is 42.6 Å². The van der Waals surface area contributed by atoms with Gasteiger partial charge in [0.05, 0.1) is 0 Å². The largest absolute Gasteiger partial charge is 0.371 e. The average molecular weight is 229 g/mol. The fourth-order valence-electron chi connectivity index (χ4n) is 2.52. The Bertz CT molecular complexity index is 375. The molecule has 17 heavy (non-hydrogen) atoms. The molecule has 1 aliphatic rings. The van der Waals surface area contributed by atoms with E-state index < -0.39 is 0 Å². The third kappa shape index (κ3) is 3.12. The number of nitrogens with zero attached hydrogens (tertiary/aromatic N) is 1. The second-order valence-corrected chi connectivity index (χ2v) is 4.83. The third-order valence-electron chi connectivity index (χ3n) is 3.66. The molecule has 2 rings (SSSR count). The van der Waals surface area contributed by atoms with Crippen LogP contribution in [0.2, 0.25) is 0 Å². The Morgan fingerprint density at radius 3 is 2.47 bits per heavy atom.